The Kier molecular flexibility index (Phi) is 8.41. The molecule has 10 heteroatoms. The molecule has 8 nitrogen and oxygen atoms in total. The van der Waals surface area contributed by atoms with Gasteiger partial charge in [0.2, 0.25) is 0 Å². The zero-order valence-electron chi connectivity index (χ0n) is 6.37. The smallest absolute Gasteiger partial charge is 0.402 e. The molecule has 0 spiro atoms. The minimum Gasteiger partial charge on any atom is -0.402 e. The van der Waals surface area contributed by atoms with Crippen molar-refractivity contribution in [1.29, 1.82) is 0 Å². The third-order valence-electron chi connectivity index (χ3n) is 0.812. The summed E-state index contributed by atoms with van der Waals surface area (Å²) < 4.78 is -1.77. The van der Waals surface area contributed by atoms with Gasteiger partial charge in [0, 0.05) is 20.9 Å². The fraction of sp³-hybridized carbons (Fsp3) is 1.00. The summed E-state index contributed by atoms with van der Waals surface area (Å²) in [5, 5.41) is 48.0. The first kappa shape index (κ1) is 15.2. The number of hydrogen-bond donors (Lipinski definition) is 5. The summed E-state index contributed by atoms with van der Waals surface area (Å²) in [6.07, 6.45) is 0. The molecule has 0 unspecified atom stereocenters. The second-order valence-corrected chi connectivity index (χ2v) is 3.31. The molecule has 0 saturated carbocycles. The topological polar surface area (TPSA) is 144 Å². The van der Waals surface area contributed by atoms with Gasteiger partial charge in [-0.15, -0.1) is 0 Å². The number of nitrogens with zero attached hydrogens (tertiary/aromatic N) is 1. The number of halogens is 1. The predicted molar refractivity (Wildman–Crippen MR) is 45.2 cm³/mol. The van der Waals surface area contributed by atoms with Gasteiger partial charge in [-0.1, -0.05) is 0 Å². The van der Waals surface area contributed by atoms with Gasteiger partial charge in [0.05, 0.1) is 0 Å². The molecule has 0 heterocycles. The van der Waals surface area contributed by atoms with Crippen molar-refractivity contribution in [3.8, 4) is 0 Å². The maximum atomic E-state index is 9.92. The standard InChI is InChI=1S/C3H6BrNO4.BH3O3/c4-3(1-6,2-7)5(8)9;2-1(3)4/h6-7H,1-2H2;2-4H. The first-order chi connectivity index (χ1) is 5.80. The van der Waals surface area contributed by atoms with E-state index >= 15 is 0 Å². The van der Waals surface area contributed by atoms with Gasteiger partial charge in [-0.05, 0) is 0 Å². The van der Waals surface area contributed by atoms with Crippen LogP contribution in [0.4, 0.5) is 0 Å². The van der Waals surface area contributed by atoms with E-state index in [-0.39, 0.29) is 0 Å². The van der Waals surface area contributed by atoms with E-state index in [2.05, 4.69) is 15.9 Å². The lowest BCUT2D eigenvalue weighted by Gasteiger charge is -2.11. The summed E-state index contributed by atoms with van der Waals surface area (Å²) in [7, 11) is -2.17. The summed E-state index contributed by atoms with van der Waals surface area (Å²) in [6.45, 7) is -1.45. The van der Waals surface area contributed by atoms with E-state index in [9.17, 15) is 10.1 Å². The molecule has 78 valence electrons. The highest BCUT2D eigenvalue weighted by molar-refractivity contribution is 9.10. The van der Waals surface area contributed by atoms with Crippen molar-refractivity contribution in [2.75, 3.05) is 13.2 Å². The van der Waals surface area contributed by atoms with Gasteiger partial charge in [0.1, 0.15) is 13.2 Å². The van der Waals surface area contributed by atoms with Gasteiger partial charge in [-0.3, -0.25) is 10.1 Å². The van der Waals surface area contributed by atoms with Crippen molar-refractivity contribution in [1.82, 2.24) is 0 Å². The SMILES string of the molecule is O=[N+]([O-])C(Br)(CO)CO.OB(O)O. The molecule has 0 rings (SSSR count). The maximum absolute atomic E-state index is 9.92. The van der Waals surface area contributed by atoms with Crippen LogP contribution < -0.4 is 0 Å². The molecule has 5 N–H and O–H groups in total. The van der Waals surface area contributed by atoms with E-state index in [4.69, 9.17) is 25.3 Å². The number of rotatable bonds is 3. The number of aliphatic hydroxyl groups is 2. The van der Waals surface area contributed by atoms with Gasteiger partial charge in [-0.2, -0.15) is 0 Å². The average Bonchev–Trinajstić information content (AvgIpc) is 2.01. The van der Waals surface area contributed by atoms with Crippen LogP contribution in [0.5, 0.6) is 0 Å². The first-order valence-electron chi connectivity index (χ1n) is 2.89. The molecule has 0 aromatic carbocycles. The lowest BCUT2D eigenvalue weighted by Crippen LogP contribution is -2.39. The van der Waals surface area contributed by atoms with Crippen molar-refractivity contribution in [3.63, 3.8) is 0 Å². The molecule has 0 aliphatic heterocycles. The van der Waals surface area contributed by atoms with Gasteiger partial charge >= 0.3 is 11.8 Å². The van der Waals surface area contributed by atoms with E-state index in [1.54, 1.807) is 0 Å². The Bertz CT molecular complexity index is 148. The predicted octanol–water partition coefficient (Wildman–Crippen LogP) is -2.71. The average molecular weight is 262 g/mol. The van der Waals surface area contributed by atoms with E-state index in [0.717, 1.165) is 0 Å². The summed E-state index contributed by atoms with van der Waals surface area (Å²) in [4.78, 5) is 9.14. The summed E-state index contributed by atoms with van der Waals surface area (Å²) in [5.41, 5.74) is 0. The second-order valence-electron chi connectivity index (χ2n) is 1.84. The molecular weight excluding hydrogens is 253 g/mol. The highest BCUT2D eigenvalue weighted by Gasteiger charge is 2.38. The fourth-order valence-electron chi connectivity index (χ4n) is 0.165. The van der Waals surface area contributed by atoms with Crippen molar-refractivity contribution in [3.05, 3.63) is 10.1 Å². The quantitative estimate of drug-likeness (QED) is 0.122. The van der Waals surface area contributed by atoms with E-state index in [1.165, 1.54) is 0 Å². The van der Waals surface area contributed by atoms with Crippen LogP contribution in [0, 0.1) is 10.1 Å². The van der Waals surface area contributed by atoms with Crippen LogP contribution in [0.3, 0.4) is 0 Å². The third kappa shape index (κ3) is 8.09. The molecular formula is C3H9BBrNO7. The van der Waals surface area contributed by atoms with E-state index < -0.39 is 29.9 Å². The molecule has 0 fully saturated rings. The van der Waals surface area contributed by atoms with Crippen LogP contribution in [-0.4, -0.2) is 55.2 Å². The Morgan fingerprint density at radius 2 is 1.54 bits per heavy atom. The second kappa shape index (κ2) is 7.18. The Balaban J connectivity index is 0. The van der Waals surface area contributed by atoms with Crippen LogP contribution >= 0.6 is 15.9 Å². The molecule has 0 aliphatic carbocycles. The molecule has 0 aliphatic rings. The van der Waals surface area contributed by atoms with Gasteiger partial charge in [0.25, 0.3) is 0 Å². The largest absolute Gasteiger partial charge is 0.631 e. The van der Waals surface area contributed by atoms with E-state index in [0.29, 0.717) is 0 Å². The third-order valence-corrected chi connectivity index (χ3v) is 1.60. The number of alkyl halides is 1. The summed E-state index contributed by atoms with van der Waals surface area (Å²) in [5.74, 6) is 0. The van der Waals surface area contributed by atoms with Crippen LogP contribution in [0.15, 0.2) is 0 Å². The van der Waals surface area contributed by atoms with Crippen molar-refractivity contribution in [2.45, 2.75) is 4.45 Å². The van der Waals surface area contributed by atoms with Gasteiger partial charge in [-0.25, -0.2) is 0 Å². The van der Waals surface area contributed by atoms with Crippen molar-refractivity contribution in [2.24, 2.45) is 0 Å². The molecule has 0 atom stereocenters. The summed E-state index contributed by atoms with van der Waals surface area (Å²) >= 11 is 2.55. The minimum absolute atomic E-state index is 0.726. The Morgan fingerprint density at radius 3 is 1.54 bits per heavy atom. The lowest BCUT2D eigenvalue weighted by molar-refractivity contribution is -0.542. The molecule has 0 aromatic rings. The van der Waals surface area contributed by atoms with Crippen molar-refractivity contribution >= 4 is 23.3 Å². The maximum Gasteiger partial charge on any atom is 0.631 e. The fourth-order valence-corrected chi connectivity index (χ4v) is 0.165. The number of hydrogen-bond acceptors (Lipinski definition) is 7. The Labute approximate surface area is 81.9 Å². The first-order valence-corrected chi connectivity index (χ1v) is 3.68. The van der Waals surface area contributed by atoms with Crippen LogP contribution in [0.25, 0.3) is 0 Å². The van der Waals surface area contributed by atoms with Gasteiger partial charge in [0.15, 0.2) is 0 Å². The minimum atomic E-state index is -2.17. The Morgan fingerprint density at radius 1 is 1.31 bits per heavy atom. The highest BCUT2D eigenvalue weighted by Crippen LogP contribution is 2.15. The Hall–Kier alpha value is -0.255. The monoisotopic (exact) mass is 261 g/mol. The molecule has 13 heavy (non-hydrogen) atoms. The van der Waals surface area contributed by atoms with Crippen LogP contribution in [-0.2, 0) is 0 Å². The zero-order valence-corrected chi connectivity index (χ0v) is 7.96. The number of aliphatic hydroxyl groups excluding tert-OH is 2. The van der Waals surface area contributed by atoms with Crippen LogP contribution in [0.2, 0.25) is 0 Å². The van der Waals surface area contributed by atoms with Gasteiger partial charge < -0.3 is 25.3 Å². The molecule has 0 bridgehead atoms. The normalized spacial score (nSPS) is 10.0. The zero-order chi connectivity index (χ0) is 11.1. The molecule has 0 radical (unpaired) electrons. The number of nitro groups is 1. The van der Waals surface area contributed by atoms with E-state index in [1.807, 2.05) is 0 Å². The van der Waals surface area contributed by atoms with Crippen LogP contribution in [0.1, 0.15) is 0 Å². The molecule has 0 aromatic heterocycles. The highest BCUT2D eigenvalue weighted by atomic mass is 79.9. The summed E-state index contributed by atoms with van der Waals surface area (Å²) in [6, 6.07) is 0. The molecule has 0 saturated heterocycles. The lowest BCUT2D eigenvalue weighted by atomic mass is 10.3. The molecule has 0 amide bonds. The van der Waals surface area contributed by atoms with Crippen molar-refractivity contribution < 1.29 is 30.2 Å².